The third-order valence-electron chi connectivity index (χ3n) is 6.35. The third kappa shape index (κ3) is 4.91. The summed E-state index contributed by atoms with van der Waals surface area (Å²) < 4.78 is 5.28. The maximum absolute atomic E-state index is 13.3. The summed E-state index contributed by atoms with van der Waals surface area (Å²) in [6.45, 7) is 6.09. The number of ketones is 1. The number of cyclic esters (lactones) is 1. The number of hydrogen-bond acceptors (Lipinski definition) is 4. The Morgan fingerprint density at radius 3 is 2.54 bits per heavy atom. The minimum absolute atomic E-state index is 0.0106. The smallest absolute Gasteiger partial charge is 0.309 e. The number of ether oxygens (including phenoxy) is 1. The molecular formula is C24H32O4. The molecule has 0 fully saturated rings. The lowest BCUT2D eigenvalue weighted by Crippen LogP contribution is -2.41. The van der Waals surface area contributed by atoms with Gasteiger partial charge in [-0.05, 0) is 56.4 Å². The van der Waals surface area contributed by atoms with Gasteiger partial charge in [0.1, 0.15) is 11.9 Å². The number of carbonyl (C=O) groups is 2. The second-order valence-corrected chi connectivity index (χ2v) is 8.66. The maximum atomic E-state index is 13.3. The van der Waals surface area contributed by atoms with Crippen LogP contribution in [0.15, 0.2) is 48.1 Å². The van der Waals surface area contributed by atoms with Crippen molar-refractivity contribution in [3.05, 3.63) is 48.1 Å². The maximum Gasteiger partial charge on any atom is 0.309 e. The number of hydrogen-bond donors (Lipinski definition) is 1. The number of esters is 1. The van der Waals surface area contributed by atoms with E-state index in [0.29, 0.717) is 5.92 Å². The van der Waals surface area contributed by atoms with Crippen LogP contribution >= 0.6 is 0 Å². The van der Waals surface area contributed by atoms with Gasteiger partial charge in [0.15, 0.2) is 0 Å². The number of aliphatic hydroxyl groups is 1. The van der Waals surface area contributed by atoms with Gasteiger partial charge >= 0.3 is 5.97 Å². The SMILES string of the molecule is CC1=CC[C@H]2[C@H]3C(=O)CC(O)CC(=O)O[C@H](C)/C=C/C=C/[C@H](C)[C@H]3C=C[C@H]2C1. The molecule has 0 aromatic carbocycles. The molecule has 0 spiro atoms. The van der Waals surface area contributed by atoms with Gasteiger partial charge in [0, 0.05) is 12.3 Å². The summed E-state index contributed by atoms with van der Waals surface area (Å²) in [7, 11) is 0. The Kier molecular flexibility index (Phi) is 6.71. The van der Waals surface area contributed by atoms with Gasteiger partial charge in [0.25, 0.3) is 0 Å². The molecule has 1 aliphatic heterocycles. The van der Waals surface area contributed by atoms with Crippen LogP contribution in [0.5, 0.6) is 0 Å². The van der Waals surface area contributed by atoms with E-state index in [1.807, 2.05) is 18.2 Å². The van der Waals surface area contributed by atoms with Gasteiger partial charge in [-0.25, -0.2) is 0 Å². The lowest BCUT2D eigenvalue weighted by atomic mass is 9.61. The minimum Gasteiger partial charge on any atom is -0.458 e. The largest absolute Gasteiger partial charge is 0.458 e. The Morgan fingerprint density at radius 1 is 1.00 bits per heavy atom. The van der Waals surface area contributed by atoms with E-state index >= 15 is 0 Å². The van der Waals surface area contributed by atoms with Crippen LogP contribution in [0.1, 0.15) is 46.5 Å². The fraction of sp³-hybridized carbons (Fsp3) is 0.583. The Bertz CT molecular complexity index is 714. The van der Waals surface area contributed by atoms with Crippen molar-refractivity contribution in [1.82, 2.24) is 0 Å². The fourth-order valence-electron chi connectivity index (χ4n) is 4.89. The van der Waals surface area contributed by atoms with Crippen LogP contribution in [-0.4, -0.2) is 29.1 Å². The van der Waals surface area contributed by atoms with Crippen molar-refractivity contribution in [3.63, 3.8) is 0 Å². The minimum atomic E-state index is -0.990. The molecule has 0 amide bonds. The highest BCUT2D eigenvalue weighted by atomic mass is 16.5. The van der Waals surface area contributed by atoms with Crippen LogP contribution in [0.25, 0.3) is 0 Å². The molecule has 4 nitrogen and oxygen atoms in total. The molecular weight excluding hydrogens is 352 g/mol. The zero-order valence-electron chi connectivity index (χ0n) is 17.1. The van der Waals surface area contributed by atoms with E-state index in [2.05, 4.69) is 38.2 Å². The number of rotatable bonds is 0. The normalized spacial score (nSPS) is 41.7. The van der Waals surface area contributed by atoms with Crippen LogP contribution in [0.2, 0.25) is 0 Å². The molecule has 2 aliphatic carbocycles. The van der Waals surface area contributed by atoms with Gasteiger partial charge in [-0.15, -0.1) is 0 Å². The van der Waals surface area contributed by atoms with Gasteiger partial charge in [-0.1, -0.05) is 49.0 Å². The first-order chi connectivity index (χ1) is 13.3. The van der Waals surface area contributed by atoms with Crippen molar-refractivity contribution < 1.29 is 19.4 Å². The molecule has 0 saturated heterocycles. The van der Waals surface area contributed by atoms with Crippen LogP contribution in [0.3, 0.4) is 0 Å². The van der Waals surface area contributed by atoms with Gasteiger partial charge in [-0.3, -0.25) is 9.59 Å². The van der Waals surface area contributed by atoms with E-state index in [1.165, 1.54) is 5.57 Å². The van der Waals surface area contributed by atoms with Crippen molar-refractivity contribution in [2.75, 3.05) is 0 Å². The molecule has 3 rings (SSSR count). The molecule has 7 atom stereocenters. The first-order valence-corrected chi connectivity index (χ1v) is 10.4. The summed E-state index contributed by atoms with van der Waals surface area (Å²) in [5, 5.41) is 10.4. The van der Waals surface area contributed by atoms with E-state index < -0.39 is 12.1 Å². The number of allylic oxidation sites excluding steroid dienone is 7. The predicted molar refractivity (Wildman–Crippen MR) is 109 cm³/mol. The zero-order valence-corrected chi connectivity index (χ0v) is 17.1. The van der Waals surface area contributed by atoms with E-state index in [-0.39, 0.29) is 48.4 Å². The number of Topliss-reactive ketones (excluding diaryl/α,β-unsaturated/α-hetero) is 1. The third-order valence-corrected chi connectivity index (χ3v) is 6.35. The molecule has 0 aromatic rings. The molecule has 1 N–H and O–H groups in total. The van der Waals surface area contributed by atoms with Crippen LogP contribution in [0, 0.1) is 29.6 Å². The summed E-state index contributed by atoms with van der Waals surface area (Å²) in [6.07, 6.45) is 15.0. The molecule has 28 heavy (non-hydrogen) atoms. The van der Waals surface area contributed by atoms with Crippen molar-refractivity contribution in [2.45, 2.75) is 58.7 Å². The lowest BCUT2D eigenvalue weighted by Gasteiger charge is -2.42. The highest BCUT2D eigenvalue weighted by molar-refractivity contribution is 5.83. The molecule has 152 valence electrons. The molecule has 1 heterocycles. The lowest BCUT2D eigenvalue weighted by molar-refractivity contribution is -0.148. The number of carbonyl (C=O) groups excluding carboxylic acids is 2. The highest BCUT2D eigenvalue weighted by Crippen LogP contribution is 2.45. The monoisotopic (exact) mass is 384 g/mol. The average molecular weight is 385 g/mol. The quantitative estimate of drug-likeness (QED) is 0.503. The zero-order chi connectivity index (χ0) is 20.3. The first-order valence-electron chi connectivity index (χ1n) is 10.4. The molecule has 0 saturated carbocycles. The summed E-state index contributed by atoms with van der Waals surface area (Å²) in [6, 6.07) is 0. The Morgan fingerprint density at radius 2 is 1.75 bits per heavy atom. The van der Waals surface area contributed by atoms with Gasteiger partial charge in [0.05, 0.1) is 12.5 Å². The van der Waals surface area contributed by atoms with E-state index in [4.69, 9.17) is 4.74 Å². The Balaban J connectivity index is 1.91. The molecule has 1 unspecified atom stereocenters. The Hall–Kier alpha value is -1.94. The predicted octanol–water partition coefficient (Wildman–Crippen LogP) is 4.17. The number of aliphatic hydroxyl groups excluding tert-OH is 1. The van der Waals surface area contributed by atoms with E-state index in [0.717, 1.165) is 12.8 Å². The van der Waals surface area contributed by atoms with Gasteiger partial charge in [0.2, 0.25) is 0 Å². The van der Waals surface area contributed by atoms with Crippen LogP contribution < -0.4 is 0 Å². The summed E-state index contributed by atoms with van der Waals surface area (Å²) in [5.41, 5.74) is 1.38. The highest BCUT2D eigenvalue weighted by Gasteiger charge is 2.42. The van der Waals surface area contributed by atoms with E-state index in [1.54, 1.807) is 6.92 Å². The van der Waals surface area contributed by atoms with Gasteiger partial charge < -0.3 is 9.84 Å². The van der Waals surface area contributed by atoms with Gasteiger partial charge in [-0.2, -0.15) is 0 Å². The molecule has 0 bridgehead atoms. The van der Waals surface area contributed by atoms with E-state index in [9.17, 15) is 14.7 Å². The summed E-state index contributed by atoms with van der Waals surface area (Å²) in [5.74, 6) is 0.443. The first kappa shape index (κ1) is 20.8. The standard InChI is InChI=1S/C24H32O4/c1-15-8-10-21-18(12-15)9-11-20-16(2)6-4-5-7-17(3)28-23(27)14-19(25)13-22(26)24(20)21/h4-9,11,16-21,24-25H,10,12-14H2,1-3H3/b6-4+,7-5+/t16-,17+,18-,19?,20+,21+,24-/m0/s1. The van der Waals surface area contributed by atoms with Crippen LogP contribution in [0.4, 0.5) is 0 Å². The van der Waals surface area contributed by atoms with Crippen molar-refractivity contribution >= 4 is 11.8 Å². The summed E-state index contributed by atoms with van der Waals surface area (Å²) in [4.78, 5) is 25.3. The second-order valence-electron chi connectivity index (χ2n) is 8.66. The van der Waals surface area contributed by atoms with Crippen molar-refractivity contribution in [3.8, 4) is 0 Å². The second kappa shape index (κ2) is 9.04. The molecule has 0 aromatic heterocycles. The average Bonchev–Trinajstić information content (AvgIpc) is 2.62. The van der Waals surface area contributed by atoms with Crippen molar-refractivity contribution in [1.29, 1.82) is 0 Å². The fourth-order valence-corrected chi connectivity index (χ4v) is 4.89. The summed E-state index contributed by atoms with van der Waals surface area (Å²) >= 11 is 0. The molecule has 4 heteroatoms. The van der Waals surface area contributed by atoms with Crippen LogP contribution in [-0.2, 0) is 14.3 Å². The molecule has 0 radical (unpaired) electrons. The Labute approximate surface area is 168 Å². The van der Waals surface area contributed by atoms with Crippen molar-refractivity contribution in [2.24, 2.45) is 29.6 Å². The number of fused-ring (bicyclic) bond motifs is 3. The molecule has 3 aliphatic rings. The topological polar surface area (TPSA) is 63.6 Å².